The summed E-state index contributed by atoms with van der Waals surface area (Å²) in [7, 11) is 0. The predicted molar refractivity (Wildman–Crippen MR) is 102 cm³/mol. The van der Waals surface area contributed by atoms with Crippen molar-refractivity contribution in [2.24, 2.45) is 5.41 Å². The molecule has 0 spiro atoms. The Morgan fingerprint density at radius 2 is 0.960 bits per heavy atom. The fourth-order valence-electron chi connectivity index (χ4n) is 2.72. The Hall–Kier alpha value is -1.06. The molecular formula is C21H40O4. The van der Waals surface area contributed by atoms with Crippen LogP contribution in [0.2, 0.25) is 0 Å². The summed E-state index contributed by atoms with van der Waals surface area (Å²) in [6.45, 7) is 15.2. The van der Waals surface area contributed by atoms with Gasteiger partial charge in [-0.3, -0.25) is 9.59 Å². The third-order valence-corrected chi connectivity index (χ3v) is 3.99. The SMILES string of the molecule is CCCCCC(CCCCC)(C(=O)OC(C)(C)C)C(=O)OC(C)(C)C. The minimum Gasteiger partial charge on any atom is -0.459 e. The number of ether oxygens (including phenoxy) is 2. The van der Waals surface area contributed by atoms with Crippen LogP contribution in [-0.4, -0.2) is 23.1 Å². The van der Waals surface area contributed by atoms with Gasteiger partial charge in [0, 0.05) is 0 Å². The fourth-order valence-corrected chi connectivity index (χ4v) is 2.72. The summed E-state index contributed by atoms with van der Waals surface area (Å²) >= 11 is 0. The third kappa shape index (κ3) is 9.27. The van der Waals surface area contributed by atoms with Crippen LogP contribution in [0.4, 0.5) is 0 Å². The van der Waals surface area contributed by atoms with Gasteiger partial charge in [0.2, 0.25) is 0 Å². The number of hydrogen-bond acceptors (Lipinski definition) is 4. The topological polar surface area (TPSA) is 52.6 Å². The van der Waals surface area contributed by atoms with Crippen LogP contribution in [0.25, 0.3) is 0 Å². The summed E-state index contributed by atoms with van der Waals surface area (Å²) in [4.78, 5) is 26.1. The first-order valence-corrected chi connectivity index (χ1v) is 9.85. The molecule has 0 bridgehead atoms. The predicted octanol–water partition coefficient (Wildman–Crippen LogP) is 5.82. The Bertz CT molecular complexity index is 373. The van der Waals surface area contributed by atoms with Gasteiger partial charge in [-0.2, -0.15) is 0 Å². The Balaban J connectivity index is 5.67. The molecule has 0 aromatic heterocycles. The largest absolute Gasteiger partial charge is 0.459 e. The first-order chi connectivity index (χ1) is 11.4. The molecule has 0 aliphatic carbocycles. The lowest BCUT2D eigenvalue weighted by atomic mass is 9.77. The number of unbranched alkanes of at least 4 members (excludes halogenated alkanes) is 4. The van der Waals surface area contributed by atoms with E-state index in [1.807, 2.05) is 41.5 Å². The minimum absolute atomic E-state index is 0.429. The highest BCUT2D eigenvalue weighted by Crippen LogP contribution is 2.37. The molecule has 0 heterocycles. The van der Waals surface area contributed by atoms with Crippen molar-refractivity contribution in [3.8, 4) is 0 Å². The second-order valence-electron chi connectivity index (χ2n) is 9.00. The first kappa shape index (κ1) is 23.9. The zero-order valence-electron chi connectivity index (χ0n) is 17.8. The van der Waals surface area contributed by atoms with Crippen molar-refractivity contribution in [1.82, 2.24) is 0 Å². The smallest absolute Gasteiger partial charge is 0.324 e. The zero-order chi connectivity index (χ0) is 19.7. The summed E-state index contributed by atoms with van der Waals surface area (Å²) in [5.74, 6) is -0.858. The number of rotatable bonds is 10. The summed E-state index contributed by atoms with van der Waals surface area (Å²) < 4.78 is 11.3. The van der Waals surface area contributed by atoms with E-state index in [4.69, 9.17) is 9.47 Å². The van der Waals surface area contributed by atoms with Gasteiger partial charge in [-0.25, -0.2) is 0 Å². The summed E-state index contributed by atoms with van der Waals surface area (Å²) in [5, 5.41) is 0. The lowest BCUT2D eigenvalue weighted by molar-refractivity contribution is -0.187. The van der Waals surface area contributed by atoms with Gasteiger partial charge in [0.1, 0.15) is 11.2 Å². The molecule has 4 nitrogen and oxygen atoms in total. The molecule has 0 saturated carbocycles. The molecular weight excluding hydrogens is 316 g/mol. The molecule has 25 heavy (non-hydrogen) atoms. The molecule has 0 aromatic carbocycles. The average Bonchev–Trinajstić information content (AvgIpc) is 2.42. The van der Waals surface area contributed by atoms with Crippen LogP contribution in [0.3, 0.4) is 0 Å². The van der Waals surface area contributed by atoms with Crippen molar-refractivity contribution in [2.75, 3.05) is 0 Å². The third-order valence-electron chi connectivity index (χ3n) is 3.99. The van der Waals surface area contributed by atoms with Gasteiger partial charge < -0.3 is 9.47 Å². The molecule has 0 saturated heterocycles. The van der Waals surface area contributed by atoms with E-state index in [1.165, 1.54) is 0 Å². The average molecular weight is 357 g/mol. The van der Waals surface area contributed by atoms with E-state index in [0.29, 0.717) is 12.8 Å². The molecule has 148 valence electrons. The van der Waals surface area contributed by atoms with Crippen molar-refractivity contribution in [2.45, 2.75) is 118 Å². The normalized spacial score (nSPS) is 12.8. The molecule has 0 unspecified atom stereocenters. The molecule has 0 rings (SSSR count). The van der Waals surface area contributed by atoms with Crippen LogP contribution >= 0.6 is 0 Å². The molecule has 0 aliphatic heterocycles. The summed E-state index contributed by atoms with van der Waals surface area (Å²) in [6, 6.07) is 0. The molecule has 0 fully saturated rings. The minimum atomic E-state index is -1.19. The second kappa shape index (κ2) is 10.2. The Morgan fingerprint density at radius 3 is 1.20 bits per heavy atom. The van der Waals surface area contributed by atoms with Gasteiger partial charge in [-0.05, 0) is 54.4 Å². The fraction of sp³-hybridized carbons (Fsp3) is 0.905. The van der Waals surface area contributed by atoms with E-state index in [1.54, 1.807) is 0 Å². The van der Waals surface area contributed by atoms with Crippen molar-refractivity contribution < 1.29 is 19.1 Å². The van der Waals surface area contributed by atoms with Gasteiger partial charge in [0.15, 0.2) is 5.41 Å². The van der Waals surface area contributed by atoms with Crippen LogP contribution in [0.1, 0.15) is 107 Å². The van der Waals surface area contributed by atoms with Gasteiger partial charge in [-0.15, -0.1) is 0 Å². The van der Waals surface area contributed by atoms with Crippen molar-refractivity contribution >= 4 is 11.9 Å². The maximum absolute atomic E-state index is 13.1. The lowest BCUT2D eigenvalue weighted by Gasteiger charge is -2.35. The molecule has 0 aromatic rings. The quantitative estimate of drug-likeness (QED) is 0.281. The van der Waals surface area contributed by atoms with Crippen molar-refractivity contribution in [3.05, 3.63) is 0 Å². The molecule has 4 heteroatoms. The lowest BCUT2D eigenvalue weighted by Crippen LogP contribution is -2.46. The van der Waals surface area contributed by atoms with Crippen LogP contribution in [0.15, 0.2) is 0 Å². The molecule has 0 radical (unpaired) electrons. The zero-order valence-corrected chi connectivity index (χ0v) is 17.8. The van der Waals surface area contributed by atoms with Crippen LogP contribution in [0.5, 0.6) is 0 Å². The van der Waals surface area contributed by atoms with Gasteiger partial charge in [0.05, 0.1) is 0 Å². The first-order valence-electron chi connectivity index (χ1n) is 9.85. The summed E-state index contributed by atoms with van der Waals surface area (Å²) in [5.41, 5.74) is -2.44. The van der Waals surface area contributed by atoms with Gasteiger partial charge in [-0.1, -0.05) is 52.4 Å². The number of hydrogen-bond donors (Lipinski definition) is 0. The maximum atomic E-state index is 13.1. The van der Waals surface area contributed by atoms with E-state index in [2.05, 4.69) is 13.8 Å². The standard InChI is InChI=1S/C21H40O4/c1-9-11-13-15-21(16-14-12-10-2,17(22)24-19(3,4)5)18(23)25-20(6,7)8/h9-16H2,1-8H3. The Labute approximate surface area is 155 Å². The molecule has 0 aliphatic rings. The summed E-state index contributed by atoms with van der Waals surface area (Å²) in [6.07, 6.45) is 6.68. The van der Waals surface area contributed by atoms with Crippen LogP contribution in [0, 0.1) is 5.41 Å². The van der Waals surface area contributed by atoms with Crippen molar-refractivity contribution in [3.63, 3.8) is 0 Å². The maximum Gasteiger partial charge on any atom is 0.324 e. The van der Waals surface area contributed by atoms with E-state index >= 15 is 0 Å². The molecule has 0 atom stereocenters. The monoisotopic (exact) mass is 356 g/mol. The van der Waals surface area contributed by atoms with Crippen molar-refractivity contribution in [1.29, 1.82) is 0 Å². The van der Waals surface area contributed by atoms with E-state index in [9.17, 15) is 9.59 Å². The Kier molecular flexibility index (Phi) is 9.75. The highest BCUT2D eigenvalue weighted by molar-refractivity contribution is 6.00. The highest BCUT2D eigenvalue weighted by Gasteiger charge is 2.49. The van der Waals surface area contributed by atoms with Crippen LogP contribution < -0.4 is 0 Å². The molecule has 0 N–H and O–H groups in total. The second-order valence-corrected chi connectivity index (χ2v) is 9.00. The number of carbonyl (C=O) groups excluding carboxylic acids is 2. The van der Waals surface area contributed by atoms with Crippen LogP contribution in [-0.2, 0) is 19.1 Å². The number of carbonyl (C=O) groups is 2. The van der Waals surface area contributed by atoms with E-state index < -0.39 is 28.6 Å². The van der Waals surface area contributed by atoms with E-state index in [0.717, 1.165) is 38.5 Å². The number of esters is 2. The van der Waals surface area contributed by atoms with Gasteiger partial charge in [0.25, 0.3) is 0 Å². The van der Waals surface area contributed by atoms with Gasteiger partial charge >= 0.3 is 11.9 Å². The highest BCUT2D eigenvalue weighted by atomic mass is 16.6. The molecule has 0 amide bonds. The Morgan fingerprint density at radius 1 is 0.640 bits per heavy atom. The van der Waals surface area contributed by atoms with E-state index in [-0.39, 0.29) is 0 Å².